The largest absolute Gasteiger partial charge is 0.361 e. The molecule has 1 saturated heterocycles. The van der Waals surface area contributed by atoms with Gasteiger partial charge in [-0.3, -0.25) is 9.80 Å². The van der Waals surface area contributed by atoms with Gasteiger partial charge in [0.1, 0.15) is 0 Å². The maximum atomic E-state index is 6.15. The second kappa shape index (κ2) is 8.65. The Labute approximate surface area is 182 Å². The molecule has 5 rings (SSSR count). The maximum absolute atomic E-state index is 6.15. The van der Waals surface area contributed by atoms with Crippen molar-refractivity contribution in [3.63, 3.8) is 0 Å². The summed E-state index contributed by atoms with van der Waals surface area (Å²) in [6.45, 7) is 5.22. The van der Waals surface area contributed by atoms with Gasteiger partial charge < -0.3 is 4.98 Å². The van der Waals surface area contributed by atoms with E-state index >= 15 is 0 Å². The van der Waals surface area contributed by atoms with Crippen molar-refractivity contribution in [2.24, 2.45) is 0 Å². The molecule has 0 aliphatic carbocycles. The van der Waals surface area contributed by atoms with E-state index in [2.05, 4.69) is 87.7 Å². The second-order valence-corrected chi connectivity index (χ2v) is 8.47. The predicted molar refractivity (Wildman–Crippen MR) is 125 cm³/mol. The van der Waals surface area contributed by atoms with E-state index in [1.807, 2.05) is 12.1 Å². The molecule has 1 aliphatic rings. The number of hydrogen-bond donors (Lipinski definition) is 1. The molecule has 3 nitrogen and oxygen atoms in total. The number of nitrogens with one attached hydrogen (secondary N) is 1. The summed E-state index contributed by atoms with van der Waals surface area (Å²) in [7, 11) is 0. The highest BCUT2D eigenvalue weighted by atomic mass is 35.5. The van der Waals surface area contributed by atoms with Gasteiger partial charge in [0.15, 0.2) is 0 Å². The fourth-order valence-electron chi connectivity index (χ4n) is 4.58. The van der Waals surface area contributed by atoms with E-state index in [0.29, 0.717) is 0 Å². The molecule has 2 heterocycles. The number of halogens is 1. The molecule has 4 aromatic rings. The van der Waals surface area contributed by atoms with Crippen molar-refractivity contribution >= 4 is 22.5 Å². The van der Waals surface area contributed by atoms with E-state index < -0.39 is 0 Å². The average molecular weight is 416 g/mol. The molecular weight excluding hydrogens is 390 g/mol. The van der Waals surface area contributed by atoms with Crippen LogP contribution in [-0.4, -0.2) is 41.0 Å². The minimum Gasteiger partial charge on any atom is -0.361 e. The molecule has 1 aliphatic heterocycles. The lowest BCUT2D eigenvalue weighted by Gasteiger charge is -2.39. The minimum absolute atomic E-state index is 0.263. The monoisotopic (exact) mass is 415 g/mol. The summed E-state index contributed by atoms with van der Waals surface area (Å²) in [4.78, 5) is 8.57. The van der Waals surface area contributed by atoms with Crippen LogP contribution in [0.3, 0.4) is 0 Å². The highest BCUT2D eigenvalue weighted by Gasteiger charge is 2.26. The quantitative estimate of drug-likeness (QED) is 0.449. The summed E-state index contributed by atoms with van der Waals surface area (Å²) in [5, 5.41) is 2.12. The zero-order valence-corrected chi connectivity index (χ0v) is 17.7. The van der Waals surface area contributed by atoms with Gasteiger partial charge in [-0.15, -0.1) is 0 Å². The van der Waals surface area contributed by atoms with Crippen LogP contribution < -0.4 is 0 Å². The Hall–Kier alpha value is -2.59. The number of aromatic nitrogens is 1. The molecule has 152 valence electrons. The van der Waals surface area contributed by atoms with Gasteiger partial charge in [-0.05, 0) is 34.9 Å². The number of hydrogen-bond acceptors (Lipinski definition) is 2. The van der Waals surface area contributed by atoms with E-state index in [-0.39, 0.29) is 6.04 Å². The van der Waals surface area contributed by atoms with Crippen molar-refractivity contribution in [1.82, 2.24) is 14.8 Å². The molecular formula is C26H26ClN3. The Kier molecular flexibility index (Phi) is 5.58. The number of benzene rings is 3. The van der Waals surface area contributed by atoms with E-state index in [1.54, 1.807) is 0 Å². The molecule has 0 saturated carbocycles. The summed E-state index contributed by atoms with van der Waals surface area (Å²) < 4.78 is 0. The number of fused-ring (bicyclic) bond motifs is 1. The summed E-state index contributed by atoms with van der Waals surface area (Å²) in [5.74, 6) is 0. The standard InChI is InChI=1S/C26H26ClN3/c27-23-12-10-21(11-13-23)26(20-6-2-1-3-7-20)30-16-14-29(15-17-30)19-22-18-28-25-9-5-4-8-24(22)25/h1-13,18,26,28H,14-17,19H2/t26-/m1/s1. The Morgan fingerprint density at radius 1 is 0.767 bits per heavy atom. The average Bonchev–Trinajstić information content (AvgIpc) is 3.20. The lowest BCUT2D eigenvalue weighted by molar-refractivity contribution is 0.105. The minimum atomic E-state index is 0.263. The van der Waals surface area contributed by atoms with Crippen LogP contribution in [0.4, 0.5) is 0 Å². The number of nitrogens with zero attached hydrogens (tertiary/aromatic N) is 2. The summed E-state index contributed by atoms with van der Waals surface area (Å²) in [6, 6.07) is 28.0. The second-order valence-electron chi connectivity index (χ2n) is 8.04. The first-order valence-corrected chi connectivity index (χ1v) is 11.0. The van der Waals surface area contributed by atoms with Gasteiger partial charge in [-0.25, -0.2) is 0 Å². The third-order valence-electron chi connectivity index (χ3n) is 6.14. The van der Waals surface area contributed by atoms with Crippen LogP contribution in [0.2, 0.25) is 5.02 Å². The van der Waals surface area contributed by atoms with Gasteiger partial charge in [0.2, 0.25) is 0 Å². The first-order valence-electron chi connectivity index (χ1n) is 10.6. The van der Waals surface area contributed by atoms with Crippen molar-refractivity contribution in [2.75, 3.05) is 26.2 Å². The molecule has 1 N–H and O–H groups in total. The van der Waals surface area contributed by atoms with Gasteiger partial charge >= 0.3 is 0 Å². The first-order chi connectivity index (χ1) is 14.8. The molecule has 0 amide bonds. The SMILES string of the molecule is Clc1ccc([C@@H](c2ccccc2)N2CCN(Cc3c[nH]c4ccccc34)CC2)cc1. The van der Waals surface area contributed by atoms with Crippen LogP contribution >= 0.6 is 11.6 Å². The molecule has 1 aromatic heterocycles. The van der Waals surface area contributed by atoms with Crippen molar-refractivity contribution in [3.8, 4) is 0 Å². The molecule has 1 fully saturated rings. The third-order valence-corrected chi connectivity index (χ3v) is 6.39. The van der Waals surface area contributed by atoms with Crippen LogP contribution in [0.15, 0.2) is 85.1 Å². The van der Waals surface area contributed by atoms with Crippen LogP contribution in [0.25, 0.3) is 10.9 Å². The molecule has 30 heavy (non-hydrogen) atoms. The van der Waals surface area contributed by atoms with Crippen molar-refractivity contribution in [2.45, 2.75) is 12.6 Å². The molecule has 0 spiro atoms. The Morgan fingerprint density at radius 2 is 1.43 bits per heavy atom. The zero-order chi connectivity index (χ0) is 20.3. The predicted octanol–water partition coefficient (Wildman–Crippen LogP) is 5.73. The van der Waals surface area contributed by atoms with Gasteiger partial charge in [0, 0.05) is 54.8 Å². The number of aromatic amines is 1. The highest BCUT2D eigenvalue weighted by molar-refractivity contribution is 6.30. The van der Waals surface area contributed by atoms with Gasteiger partial charge in [-0.1, -0.05) is 72.3 Å². The summed E-state index contributed by atoms with van der Waals surface area (Å²) in [6.07, 6.45) is 2.16. The van der Waals surface area contributed by atoms with Crippen molar-refractivity contribution in [3.05, 3.63) is 107 Å². The Morgan fingerprint density at radius 3 is 2.20 bits per heavy atom. The normalized spacial score (nSPS) is 16.7. The van der Waals surface area contributed by atoms with E-state index in [4.69, 9.17) is 11.6 Å². The van der Waals surface area contributed by atoms with Gasteiger partial charge in [-0.2, -0.15) is 0 Å². The molecule has 3 aromatic carbocycles. The number of piperazine rings is 1. The van der Waals surface area contributed by atoms with Crippen LogP contribution in [0, 0.1) is 0 Å². The maximum Gasteiger partial charge on any atom is 0.0602 e. The number of H-pyrrole nitrogens is 1. The van der Waals surface area contributed by atoms with E-state index in [9.17, 15) is 0 Å². The molecule has 0 radical (unpaired) electrons. The molecule has 0 bridgehead atoms. The van der Waals surface area contributed by atoms with Crippen molar-refractivity contribution < 1.29 is 0 Å². The fraction of sp³-hybridized carbons (Fsp3) is 0.231. The smallest absolute Gasteiger partial charge is 0.0602 e. The Balaban J connectivity index is 1.32. The van der Waals surface area contributed by atoms with Crippen LogP contribution in [0.1, 0.15) is 22.7 Å². The topological polar surface area (TPSA) is 22.3 Å². The molecule has 0 unspecified atom stereocenters. The Bertz CT molecular complexity index is 1100. The van der Waals surface area contributed by atoms with E-state index in [1.165, 1.54) is 27.6 Å². The summed E-state index contributed by atoms with van der Waals surface area (Å²) in [5.41, 5.74) is 5.25. The number of rotatable bonds is 5. The lowest BCUT2D eigenvalue weighted by Crippen LogP contribution is -2.47. The first kappa shape index (κ1) is 19.4. The third kappa shape index (κ3) is 4.01. The number of para-hydroxylation sites is 1. The van der Waals surface area contributed by atoms with Crippen molar-refractivity contribution in [1.29, 1.82) is 0 Å². The molecule has 1 atom stereocenters. The summed E-state index contributed by atoms with van der Waals surface area (Å²) >= 11 is 6.15. The lowest BCUT2D eigenvalue weighted by atomic mass is 9.96. The van der Waals surface area contributed by atoms with Gasteiger partial charge in [0.25, 0.3) is 0 Å². The van der Waals surface area contributed by atoms with Crippen LogP contribution in [-0.2, 0) is 6.54 Å². The zero-order valence-electron chi connectivity index (χ0n) is 17.0. The molecule has 4 heteroatoms. The van der Waals surface area contributed by atoms with Crippen LogP contribution in [0.5, 0.6) is 0 Å². The van der Waals surface area contributed by atoms with Gasteiger partial charge in [0.05, 0.1) is 6.04 Å². The highest BCUT2D eigenvalue weighted by Crippen LogP contribution is 2.31. The fourth-order valence-corrected chi connectivity index (χ4v) is 4.70. The van der Waals surface area contributed by atoms with E-state index in [0.717, 1.165) is 37.7 Å².